The van der Waals surface area contributed by atoms with E-state index in [4.69, 9.17) is 9.84 Å². The number of benzene rings is 2. The molecule has 9 nitrogen and oxygen atoms in total. The van der Waals surface area contributed by atoms with Crippen molar-refractivity contribution in [1.82, 2.24) is 5.43 Å². The second-order valence-electron chi connectivity index (χ2n) is 4.59. The standard InChI is InChI=1S/C15H13N3O6/c1-24-13-7-9(6-12(14(13)20)18(22)23)8-16-17-15(21)10-2-4-11(19)5-3-10/h2-8,19-20H,1H3,(H,17,21). The second kappa shape index (κ2) is 7.09. The largest absolute Gasteiger partial charge is 0.508 e. The number of amides is 1. The first-order valence-electron chi connectivity index (χ1n) is 6.60. The number of hydrogen-bond donors (Lipinski definition) is 3. The van der Waals surface area contributed by atoms with Crippen LogP contribution in [0.5, 0.6) is 17.2 Å². The molecular formula is C15H13N3O6. The highest BCUT2D eigenvalue weighted by atomic mass is 16.6. The molecular weight excluding hydrogens is 318 g/mol. The van der Waals surface area contributed by atoms with E-state index in [2.05, 4.69) is 10.5 Å². The van der Waals surface area contributed by atoms with Gasteiger partial charge >= 0.3 is 5.69 Å². The fourth-order valence-corrected chi connectivity index (χ4v) is 1.83. The summed E-state index contributed by atoms with van der Waals surface area (Å²) in [7, 11) is 1.26. The van der Waals surface area contributed by atoms with Crippen LogP contribution in [0, 0.1) is 10.1 Å². The predicted octanol–water partition coefficient (Wildman–Crippen LogP) is 1.78. The lowest BCUT2D eigenvalue weighted by molar-refractivity contribution is -0.386. The van der Waals surface area contributed by atoms with Gasteiger partial charge in [-0.15, -0.1) is 0 Å². The molecule has 0 aromatic heterocycles. The van der Waals surface area contributed by atoms with Crippen LogP contribution in [0.4, 0.5) is 5.69 Å². The zero-order valence-electron chi connectivity index (χ0n) is 12.5. The Bertz CT molecular complexity index is 802. The molecule has 24 heavy (non-hydrogen) atoms. The molecule has 2 aromatic carbocycles. The number of phenolic OH excluding ortho intramolecular Hbond substituents is 2. The molecule has 2 aromatic rings. The van der Waals surface area contributed by atoms with Crippen LogP contribution in [-0.2, 0) is 0 Å². The first kappa shape index (κ1) is 16.7. The number of carbonyl (C=O) groups excluding carboxylic acids is 1. The summed E-state index contributed by atoms with van der Waals surface area (Å²) in [6, 6.07) is 7.95. The van der Waals surface area contributed by atoms with E-state index in [9.17, 15) is 20.0 Å². The molecule has 0 atom stereocenters. The number of hydrazone groups is 1. The third-order valence-electron chi connectivity index (χ3n) is 3.00. The van der Waals surface area contributed by atoms with Crippen molar-refractivity contribution in [1.29, 1.82) is 0 Å². The van der Waals surface area contributed by atoms with Crippen molar-refractivity contribution in [3.05, 3.63) is 57.6 Å². The SMILES string of the molecule is COc1cc(C=NNC(=O)c2ccc(O)cc2)cc([N+](=O)[O-])c1O. The molecule has 0 aliphatic carbocycles. The van der Waals surface area contributed by atoms with E-state index < -0.39 is 22.3 Å². The minimum atomic E-state index is -0.760. The number of ether oxygens (including phenoxy) is 1. The Morgan fingerprint density at radius 2 is 1.96 bits per heavy atom. The lowest BCUT2D eigenvalue weighted by Crippen LogP contribution is -2.17. The summed E-state index contributed by atoms with van der Waals surface area (Å²) < 4.78 is 4.86. The van der Waals surface area contributed by atoms with Gasteiger partial charge in [0.05, 0.1) is 18.2 Å². The van der Waals surface area contributed by atoms with Gasteiger partial charge in [0, 0.05) is 17.2 Å². The maximum Gasteiger partial charge on any atom is 0.315 e. The number of nitro groups is 1. The first-order valence-corrected chi connectivity index (χ1v) is 6.60. The molecule has 0 fully saturated rings. The number of phenols is 2. The number of methoxy groups -OCH3 is 1. The summed E-state index contributed by atoms with van der Waals surface area (Å²) in [6.07, 6.45) is 1.17. The van der Waals surface area contributed by atoms with Crippen molar-refractivity contribution in [2.75, 3.05) is 7.11 Å². The van der Waals surface area contributed by atoms with Gasteiger partial charge in [-0.05, 0) is 30.3 Å². The van der Waals surface area contributed by atoms with Crippen LogP contribution in [0.3, 0.4) is 0 Å². The van der Waals surface area contributed by atoms with E-state index >= 15 is 0 Å². The van der Waals surface area contributed by atoms with Gasteiger partial charge in [0.1, 0.15) is 5.75 Å². The number of carbonyl (C=O) groups is 1. The molecule has 0 aliphatic heterocycles. The molecule has 0 saturated carbocycles. The van der Waals surface area contributed by atoms with Gasteiger partial charge in [0.15, 0.2) is 5.75 Å². The van der Waals surface area contributed by atoms with Crippen molar-refractivity contribution >= 4 is 17.8 Å². The molecule has 0 spiro atoms. The lowest BCUT2D eigenvalue weighted by atomic mass is 10.2. The summed E-state index contributed by atoms with van der Waals surface area (Å²) in [6.45, 7) is 0. The number of hydrogen-bond acceptors (Lipinski definition) is 7. The molecule has 3 N–H and O–H groups in total. The number of rotatable bonds is 5. The Kier molecular flexibility index (Phi) is 4.95. The van der Waals surface area contributed by atoms with Crippen molar-refractivity contribution < 1.29 is 24.7 Å². The van der Waals surface area contributed by atoms with Crippen molar-refractivity contribution in [3.63, 3.8) is 0 Å². The van der Waals surface area contributed by atoms with Crippen molar-refractivity contribution in [3.8, 4) is 17.2 Å². The molecule has 1 amide bonds. The van der Waals surface area contributed by atoms with Gasteiger partial charge in [-0.25, -0.2) is 5.43 Å². The Balaban J connectivity index is 2.16. The fourth-order valence-electron chi connectivity index (χ4n) is 1.83. The molecule has 124 valence electrons. The molecule has 0 radical (unpaired) electrons. The van der Waals surface area contributed by atoms with Crippen molar-refractivity contribution in [2.24, 2.45) is 5.10 Å². The van der Waals surface area contributed by atoms with Crippen LogP contribution in [-0.4, -0.2) is 34.4 Å². The number of aromatic hydroxyl groups is 2. The Morgan fingerprint density at radius 3 is 2.54 bits per heavy atom. The Labute approximate surface area is 136 Å². The minimum absolute atomic E-state index is 0.0264. The van der Waals surface area contributed by atoms with Gasteiger partial charge in [-0.2, -0.15) is 5.10 Å². The normalized spacial score (nSPS) is 10.5. The van der Waals surface area contributed by atoms with E-state index in [0.29, 0.717) is 0 Å². The van der Waals surface area contributed by atoms with Gasteiger partial charge < -0.3 is 14.9 Å². The summed E-state index contributed by atoms with van der Waals surface area (Å²) >= 11 is 0. The van der Waals surface area contributed by atoms with Crippen LogP contribution >= 0.6 is 0 Å². The monoisotopic (exact) mass is 331 g/mol. The van der Waals surface area contributed by atoms with E-state index in [1.54, 1.807) is 0 Å². The van der Waals surface area contributed by atoms with Crippen LogP contribution < -0.4 is 10.2 Å². The predicted molar refractivity (Wildman–Crippen MR) is 84.5 cm³/mol. The van der Waals surface area contributed by atoms with Crippen LogP contribution in [0.25, 0.3) is 0 Å². The van der Waals surface area contributed by atoms with Crippen molar-refractivity contribution in [2.45, 2.75) is 0 Å². The molecule has 0 bridgehead atoms. The van der Waals surface area contributed by atoms with Crippen LogP contribution in [0.15, 0.2) is 41.5 Å². The molecule has 0 aliphatic rings. The first-order chi connectivity index (χ1) is 11.4. The third-order valence-corrected chi connectivity index (χ3v) is 3.00. The van der Waals surface area contributed by atoms with Gasteiger partial charge in [0.2, 0.25) is 5.75 Å². The fraction of sp³-hybridized carbons (Fsp3) is 0.0667. The third kappa shape index (κ3) is 3.77. The van der Waals surface area contributed by atoms with E-state index in [1.807, 2.05) is 0 Å². The van der Waals surface area contributed by atoms with Gasteiger partial charge in [0.25, 0.3) is 5.91 Å². The zero-order valence-corrected chi connectivity index (χ0v) is 12.5. The highest BCUT2D eigenvalue weighted by molar-refractivity contribution is 5.95. The molecule has 9 heteroatoms. The number of nitrogens with zero attached hydrogens (tertiary/aromatic N) is 2. The zero-order chi connectivity index (χ0) is 17.7. The van der Waals surface area contributed by atoms with E-state index in [1.165, 1.54) is 43.7 Å². The summed E-state index contributed by atoms with van der Waals surface area (Å²) in [5.74, 6) is -1.17. The number of nitrogens with one attached hydrogen (secondary N) is 1. The summed E-state index contributed by atoms with van der Waals surface area (Å²) in [5.41, 5.74) is 2.23. The maximum atomic E-state index is 11.8. The topological polar surface area (TPSA) is 134 Å². The molecule has 2 rings (SSSR count). The second-order valence-corrected chi connectivity index (χ2v) is 4.59. The number of nitro benzene ring substituents is 1. The summed E-state index contributed by atoms with van der Waals surface area (Å²) in [4.78, 5) is 22.0. The van der Waals surface area contributed by atoms with Crippen LogP contribution in [0.1, 0.15) is 15.9 Å². The average Bonchev–Trinajstić information content (AvgIpc) is 2.56. The molecule has 0 heterocycles. The molecule has 0 unspecified atom stereocenters. The lowest BCUT2D eigenvalue weighted by Gasteiger charge is -2.05. The minimum Gasteiger partial charge on any atom is -0.508 e. The van der Waals surface area contributed by atoms with E-state index in [0.717, 1.165) is 6.07 Å². The maximum absolute atomic E-state index is 11.8. The highest BCUT2D eigenvalue weighted by Gasteiger charge is 2.19. The Morgan fingerprint density at radius 1 is 1.29 bits per heavy atom. The van der Waals surface area contributed by atoms with E-state index in [-0.39, 0.29) is 22.6 Å². The Hall–Kier alpha value is -3.62. The average molecular weight is 331 g/mol. The highest BCUT2D eigenvalue weighted by Crippen LogP contribution is 2.36. The smallest absolute Gasteiger partial charge is 0.315 e. The van der Waals surface area contributed by atoms with Crippen LogP contribution in [0.2, 0.25) is 0 Å². The van der Waals surface area contributed by atoms with Gasteiger partial charge in [-0.3, -0.25) is 14.9 Å². The molecule has 0 saturated heterocycles. The van der Waals surface area contributed by atoms with Gasteiger partial charge in [-0.1, -0.05) is 0 Å². The summed E-state index contributed by atoms with van der Waals surface area (Å²) in [5, 5.41) is 33.4. The quantitative estimate of drug-likeness (QED) is 0.434.